The molecule has 0 radical (unpaired) electrons. The van der Waals surface area contributed by atoms with Gasteiger partial charge >= 0.3 is 6.09 Å². The molecule has 0 bridgehead atoms. The molecule has 7 nitrogen and oxygen atoms in total. The van der Waals surface area contributed by atoms with Crippen LogP contribution in [0, 0.1) is 6.92 Å². The summed E-state index contributed by atoms with van der Waals surface area (Å²) in [5.74, 6) is 0.458. The van der Waals surface area contributed by atoms with Crippen LogP contribution < -0.4 is 5.32 Å². The molecule has 1 N–H and O–H groups in total. The maximum atomic E-state index is 12.5. The summed E-state index contributed by atoms with van der Waals surface area (Å²) in [4.78, 5) is 20.6. The van der Waals surface area contributed by atoms with Gasteiger partial charge in [-0.15, -0.1) is 0 Å². The Balaban J connectivity index is 1.47. The number of benzene rings is 2. The van der Waals surface area contributed by atoms with E-state index < -0.39 is 12.2 Å². The molecule has 1 amide bonds. The van der Waals surface area contributed by atoms with Gasteiger partial charge in [-0.25, -0.2) is 14.8 Å². The lowest BCUT2D eigenvalue weighted by Crippen LogP contribution is -2.17. The van der Waals surface area contributed by atoms with E-state index in [0.717, 1.165) is 22.3 Å². The van der Waals surface area contributed by atoms with E-state index in [1.807, 2.05) is 42.5 Å². The maximum Gasteiger partial charge on any atom is 0.412 e. The Morgan fingerprint density at radius 2 is 1.81 bits per heavy atom. The summed E-state index contributed by atoms with van der Waals surface area (Å²) in [5, 5.41) is 7.30. The van der Waals surface area contributed by atoms with Crippen molar-refractivity contribution in [1.82, 2.24) is 15.1 Å². The van der Waals surface area contributed by atoms with E-state index >= 15 is 0 Å². The van der Waals surface area contributed by atoms with Crippen molar-refractivity contribution in [3.05, 3.63) is 94.7 Å². The van der Waals surface area contributed by atoms with Crippen LogP contribution in [0.1, 0.15) is 35.4 Å². The average molecular weight is 449 g/mol. The van der Waals surface area contributed by atoms with Gasteiger partial charge in [0.2, 0.25) is 0 Å². The van der Waals surface area contributed by atoms with E-state index in [1.54, 1.807) is 32.3 Å². The molecule has 162 valence electrons. The molecular weight excluding hydrogens is 428 g/mol. The van der Waals surface area contributed by atoms with Gasteiger partial charge in [-0.2, -0.15) is 0 Å². The lowest BCUT2D eigenvalue weighted by atomic mass is 10.0. The van der Waals surface area contributed by atoms with Crippen LogP contribution in [0.25, 0.3) is 11.3 Å². The predicted octanol–water partition coefficient (Wildman–Crippen LogP) is 5.99. The van der Waals surface area contributed by atoms with Crippen LogP contribution in [0.5, 0.6) is 0 Å². The number of nitrogens with zero attached hydrogens (tertiary/aromatic N) is 3. The molecule has 32 heavy (non-hydrogen) atoms. The highest BCUT2D eigenvalue weighted by Crippen LogP contribution is 2.32. The Morgan fingerprint density at radius 1 is 1.09 bits per heavy atom. The van der Waals surface area contributed by atoms with E-state index in [1.165, 1.54) is 6.33 Å². The first-order valence-electron chi connectivity index (χ1n) is 10.0. The van der Waals surface area contributed by atoms with Crippen molar-refractivity contribution in [1.29, 1.82) is 0 Å². The molecule has 8 heteroatoms. The van der Waals surface area contributed by atoms with Gasteiger partial charge in [-0.3, -0.25) is 5.32 Å². The van der Waals surface area contributed by atoms with Crippen molar-refractivity contribution in [2.45, 2.75) is 26.4 Å². The minimum atomic E-state index is -0.620. The lowest BCUT2D eigenvalue weighted by molar-refractivity contribution is 0.121. The molecule has 0 aliphatic rings. The number of halogens is 1. The first kappa shape index (κ1) is 21.5. The minimum Gasteiger partial charge on any atom is -0.441 e. The van der Waals surface area contributed by atoms with E-state index in [0.29, 0.717) is 28.6 Å². The van der Waals surface area contributed by atoms with Crippen LogP contribution in [0.3, 0.4) is 0 Å². The summed E-state index contributed by atoms with van der Waals surface area (Å²) in [6.07, 6.45) is 4.66. The number of aromatic nitrogens is 3. The third-order valence-corrected chi connectivity index (χ3v) is 5.30. The molecule has 0 fully saturated rings. The van der Waals surface area contributed by atoms with Crippen molar-refractivity contribution in [3.63, 3.8) is 0 Å². The molecule has 0 saturated carbocycles. The molecule has 0 aliphatic heterocycles. The number of hydrogen-bond donors (Lipinski definition) is 1. The average Bonchev–Trinajstić information content (AvgIpc) is 3.15. The SMILES string of the molecule is Cc1noc(-c2ccc(Cc3cncnc3)cc2)c1NC(=O)OC(C)c1ccccc1Cl. The largest absolute Gasteiger partial charge is 0.441 e. The predicted molar refractivity (Wildman–Crippen MR) is 121 cm³/mol. The van der Waals surface area contributed by atoms with Gasteiger partial charge < -0.3 is 9.26 Å². The third kappa shape index (κ3) is 4.95. The zero-order valence-electron chi connectivity index (χ0n) is 17.6. The van der Waals surface area contributed by atoms with Gasteiger partial charge in [0.15, 0.2) is 5.76 Å². The number of nitrogens with one attached hydrogen (secondary N) is 1. The fourth-order valence-electron chi connectivity index (χ4n) is 3.31. The van der Waals surface area contributed by atoms with Crippen LogP contribution in [-0.4, -0.2) is 21.2 Å². The molecule has 4 aromatic rings. The van der Waals surface area contributed by atoms with Gasteiger partial charge in [0.1, 0.15) is 23.8 Å². The number of rotatable bonds is 6. The molecule has 1 unspecified atom stereocenters. The van der Waals surface area contributed by atoms with Gasteiger partial charge in [0.25, 0.3) is 0 Å². The highest BCUT2D eigenvalue weighted by molar-refractivity contribution is 6.31. The van der Waals surface area contributed by atoms with Crippen molar-refractivity contribution in [2.24, 2.45) is 0 Å². The zero-order valence-corrected chi connectivity index (χ0v) is 18.3. The van der Waals surface area contributed by atoms with E-state index in [9.17, 15) is 4.79 Å². The molecule has 0 spiro atoms. The molecule has 2 aromatic carbocycles. The van der Waals surface area contributed by atoms with Crippen LogP contribution in [0.15, 0.2) is 71.8 Å². The standard InChI is InChI=1S/C24H21ClN4O3/c1-15-22(28-24(30)31-16(2)20-5-3-4-6-21(20)25)23(32-29-15)19-9-7-17(8-10-19)11-18-12-26-14-27-13-18/h3-10,12-14,16H,11H2,1-2H3,(H,28,30). The van der Waals surface area contributed by atoms with Crippen LogP contribution >= 0.6 is 11.6 Å². The molecule has 0 saturated heterocycles. The Hall–Kier alpha value is -3.71. The minimum absolute atomic E-state index is 0.458. The highest BCUT2D eigenvalue weighted by Gasteiger charge is 2.20. The molecule has 4 rings (SSSR count). The van der Waals surface area contributed by atoms with E-state index in [-0.39, 0.29) is 0 Å². The Morgan fingerprint density at radius 3 is 2.53 bits per heavy atom. The summed E-state index contributed by atoms with van der Waals surface area (Å²) in [6.45, 7) is 3.52. The van der Waals surface area contributed by atoms with Gasteiger partial charge in [0, 0.05) is 35.0 Å². The fourth-order valence-corrected chi connectivity index (χ4v) is 3.59. The Bertz CT molecular complexity index is 1210. The molecular formula is C24H21ClN4O3. The Labute approximate surface area is 190 Å². The number of hydrogen-bond acceptors (Lipinski definition) is 6. The van der Waals surface area contributed by atoms with Gasteiger partial charge in [0.05, 0.1) is 0 Å². The second kappa shape index (κ2) is 9.62. The first-order valence-corrected chi connectivity index (χ1v) is 10.4. The normalized spacial score (nSPS) is 11.7. The number of ether oxygens (including phenoxy) is 1. The quantitative estimate of drug-likeness (QED) is 0.389. The van der Waals surface area contributed by atoms with E-state index in [4.69, 9.17) is 20.9 Å². The van der Waals surface area contributed by atoms with Crippen molar-refractivity contribution in [2.75, 3.05) is 5.32 Å². The second-order valence-electron chi connectivity index (χ2n) is 7.29. The lowest BCUT2D eigenvalue weighted by Gasteiger charge is -2.15. The second-order valence-corrected chi connectivity index (χ2v) is 7.69. The summed E-state index contributed by atoms with van der Waals surface area (Å²) in [5.41, 5.74) is 4.65. The maximum absolute atomic E-state index is 12.5. The van der Waals surface area contributed by atoms with Gasteiger partial charge in [-0.1, -0.05) is 59.2 Å². The number of amides is 1. The van der Waals surface area contributed by atoms with Crippen molar-refractivity contribution < 1.29 is 14.1 Å². The molecule has 0 aliphatic carbocycles. The molecule has 1 atom stereocenters. The number of carbonyl (C=O) groups is 1. The summed E-state index contributed by atoms with van der Waals surface area (Å²) in [6, 6.07) is 15.1. The number of aryl methyl sites for hydroxylation is 1. The number of carbonyl (C=O) groups excluding carboxylic acids is 1. The molecule has 2 aromatic heterocycles. The monoisotopic (exact) mass is 448 g/mol. The fraction of sp³-hybridized carbons (Fsp3) is 0.167. The zero-order chi connectivity index (χ0) is 22.5. The van der Waals surface area contributed by atoms with Gasteiger partial charge in [-0.05, 0) is 31.0 Å². The summed E-state index contributed by atoms with van der Waals surface area (Å²) in [7, 11) is 0. The highest BCUT2D eigenvalue weighted by atomic mass is 35.5. The topological polar surface area (TPSA) is 90.1 Å². The van der Waals surface area contributed by atoms with E-state index in [2.05, 4.69) is 20.4 Å². The smallest absolute Gasteiger partial charge is 0.412 e. The summed E-state index contributed by atoms with van der Waals surface area (Å²) >= 11 is 6.20. The first-order chi connectivity index (χ1) is 15.5. The van der Waals surface area contributed by atoms with Crippen molar-refractivity contribution in [3.8, 4) is 11.3 Å². The van der Waals surface area contributed by atoms with Crippen LogP contribution in [0.2, 0.25) is 5.02 Å². The van der Waals surface area contributed by atoms with Crippen molar-refractivity contribution >= 4 is 23.4 Å². The summed E-state index contributed by atoms with van der Waals surface area (Å²) < 4.78 is 11.0. The van der Waals surface area contributed by atoms with Crippen LogP contribution in [0.4, 0.5) is 10.5 Å². The molecule has 2 heterocycles. The van der Waals surface area contributed by atoms with Crippen LogP contribution in [-0.2, 0) is 11.2 Å². The third-order valence-electron chi connectivity index (χ3n) is 4.96. The number of anilines is 1. The Kier molecular flexibility index (Phi) is 6.47.